The van der Waals surface area contributed by atoms with Crippen LogP contribution in [0.4, 0.5) is 0 Å². The molecule has 0 amide bonds. The maximum atomic E-state index is 3.45. The Morgan fingerprint density at radius 2 is 1.14 bits per heavy atom. The molecule has 2 aromatic carbocycles. The number of nitrogens with one attached hydrogen (secondary N) is 2. The van der Waals surface area contributed by atoms with Gasteiger partial charge in [0.15, 0.2) is 0 Å². The highest BCUT2D eigenvalue weighted by molar-refractivity contribution is 5.51. The Morgan fingerprint density at radius 1 is 0.586 bits per heavy atom. The van der Waals surface area contributed by atoms with E-state index in [-0.39, 0.29) is 11.8 Å². The van der Waals surface area contributed by atoms with Crippen molar-refractivity contribution in [2.24, 2.45) is 0 Å². The van der Waals surface area contributed by atoms with Crippen LogP contribution in [0.25, 0.3) is 0 Å². The molecule has 2 nitrogen and oxygen atoms in total. The van der Waals surface area contributed by atoms with Crippen LogP contribution in [0.15, 0.2) is 121 Å². The Morgan fingerprint density at radius 3 is 1.69 bits per heavy atom. The molecule has 2 aromatic heterocycles. The van der Waals surface area contributed by atoms with E-state index in [2.05, 4.69) is 107 Å². The normalized spacial score (nSPS) is 15.6. The molecule has 0 bridgehead atoms. The first-order valence-electron chi connectivity index (χ1n) is 10.2. The van der Waals surface area contributed by atoms with E-state index >= 15 is 0 Å². The number of aromatic amines is 2. The van der Waals surface area contributed by atoms with Gasteiger partial charge in [0.25, 0.3) is 0 Å². The third-order valence-corrected chi connectivity index (χ3v) is 5.76. The molecule has 0 saturated carbocycles. The standard InChI is InChI=1S/C27H24N2/c1-3-9-20(10-4-1)26(24-13-7-17-28-24)22-15-16-23(19-22)27(25-14-8-18-29-25)21-11-5-2-6-12-21/h1-15,17-19,26-29H,16H2. The molecule has 2 unspecified atom stereocenters. The Hall–Kier alpha value is -3.52. The van der Waals surface area contributed by atoms with Crippen molar-refractivity contribution in [3.8, 4) is 0 Å². The Balaban J connectivity index is 1.55. The molecule has 0 spiro atoms. The van der Waals surface area contributed by atoms with Crippen molar-refractivity contribution in [1.82, 2.24) is 9.97 Å². The summed E-state index contributed by atoms with van der Waals surface area (Å²) < 4.78 is 0. The van der Waals surface area contributed by atoms with Gasteiger partial charge >= 0.3 is 0 Å². The fourth-order valence-corrected chi connectivity index (χ4v) is 4.45. The molecule has 29 heavy (non-hydrogen) atoms. The molecule has 142 valence electrons. The lowest BCUT2D eigenvalue weighted by Gasteiger charge is -2.19. The van der Waals surface area contributed by atoms with Gasteiger partial charge in [-0.05, 0) is 47.4 Å². The first-order chi connectivity index (χ1) is 14.4. The molecule has 0 radical (unpaired) electrons. The van der Waals surface area contributed by atoms with Crippen molar-refractivity contribution in [2.75, 3.05) is 0 Å². The summed E-state index contributed by atoms with van der Waals surface area (Å²) in [4.78, 5) is 6.89. The van der Waals surface area contributed by atoms with Crippen molar-refractivity contribution in [3.63, 3.8) is 0 Å². The first kappa shape index (κ1) is 17.6. The molecule has 2 heteroatoms. The van der Waals surface area contributed by atoms with E-state index in [1.54, 1.807) is 0 Å². The van der Waals surface area contributed by atoms with Gasteiger partial charge in [0.05, 0.1) is 0 Å². The van der Waals surface area contributed by atoms with Crippen LogP contribution in [0.2, 0.25) is 0 Å². The van der Waals surface area contributed by atoms with Crippen LogP contribution < -0.4 is 0 Å². The summed E-state index contributed by atoms with van der Waals surface area (Å²) in [5.41, 5.74) is 7.91. The fraction of sp³-hybridized carbons (Fsp3) is 0.111. The van der Waals surface area contributed by atoms with Crippen LogP contribution in [-0.4, -0.2) is 9.97 Å². The summed E-state index contributed by atoms with van der Waals surface area (Å²) in [6.07, 6.45) is 9.81. The predicted molar refractivity (Wildman–Crippen MR) is 119 cm³/mol. The molecular weight excluding hydrogens is 352 g/mol. The number of H-pyrrole nitrogens is 2. The van der Waals surface area contributed by atoms with Crippen LogP contribution in [0, 0.1) is 0 Å². The number of hydrogen-bond acceptors (Lipinski definition) is 0. The molecule has 2 N–H and O–H groups in total. The van der Waals surface area contributed by atoms with Gasteiger partial charge in [-0.3, -0.25) is 0 Å². The molecule has 0 saturated heterocycles. The third-order valence-electron chi connectivity index (χ3n) is 5.76. The molecule has 2 heterocycles. The molecule has 0 fully saturated rings. The SMILES string of the molecule is C1=C(C(c2ccccc2)c2ccc[nH]2)C=C(C(c2ccccc2)c2ccc[nH]2)C1. The summed E-state index contributed by atoms with van der Waals surface area (Å²) in [5.74, 6) is 0.476. The molecule has 1 aliphatic carbocycles. The minimum absolute atomic E-state index is 0.226. The summed E-state index contributed by atoms with van der Waals surface area (Å²) in [6, 6.07) is 30.1. The van der Waals surface area contributed by atoms with Crippen LogP contribution in [0.1, 0.15) is 40.8 Å². The summed E-state index contributed by atoms with van der Waals surface area (Å²) in [7, 11) is 0. The Labute approximate surface area is 171 Å². The van der Waals surface area contributed by atoms with Gasteiger partial charge in [-0.2, -0.15) is 0 Å². The molecule has 0 aliphatic heterocycles. The zero-order valence-corrected chi connectivity index (χ0v) is 16.3. The topological polar surface area (TPSA) is 31.6 Å². The summed E-state index contributed by atoms with van der Waals surface area (Å²) >= 11 is 0. The predicted octanol–water partition coefficient (Wildman–Crippen LogP) is 6.56. The van der Waals surface area contributed by atoms with Crippen LogP contribution in [0.5, 0.6) is 0 Å². The van der Waals surface area contributed by atoms with Gasteiger partial charge in [-0.15, -0.1) is 0 Å². The summed E-state index contributed by atoms with van der Waals surface area (Å²) in [5, 5.41) is 0. The highest BCUT2D eigenvalue weighted by Gasteiger charge is 2.26. The fourth-order valence-electron chi connectivity index (χ4n) is 4.45. The quantitative estimate of drug-likeness (QED) is 0.382. The Kier molecular flexibility index (Phi) is 4.75. The average molecular weight is 377 g/mol. The minimum atomic E-state index is 0.226. The highest BCUT2D eigenvalue weighted by atomic mass is 14.7. The smallest absolute Gasteiger partial charge is 0.0487 e. The van der Waals surface area contributed by atoms with E-state index in [4.69, 9.17) is 0 Å². The van der Waals surface area contributed by atoms with Crippen molar-refractivity contribution < 1.29 is 0 Å². The maximum Gasteiger partial charge on any atom is 0.0487 e. The van der Waals surface area contributed by atoms with Gasteiger partial charge < -0.3 is 9.97 Å². The molecular formula is C27H24N2. The maximum absolute atomic E-state index is 3.45. The van der Waals surface area contributed by atoms with Gasteiger partial charge in [0.2, 0.25) is 0 Å². The largest absolute Gasteiger partial charge is 0.364 e. The number of benzene rings is 2. The van der Waals surface area contributed by atoms with E-state index in [0.717, 1.165) is 6.42 Å². The third kappa shape index (κ3) is 3.50. The van der Waals surface area contributed by atoms with E-state index in [9.17, 15) is 0 Å². The number of hydrogen-bond donors (Lipinski definition) is 2. The monoisotopic (exact) mass is 376 g/mol. The van der Waals surface area contributed by atoms with Gasteiger partial charge in [-0.1, -0.05) is 78.4 Å². The lowest BCUT2D eigenvalue weighted by molar-refractivity contribution is 0.885. The van der Waals surface area contributed by atoms with Crippen LogP contribution >= 0.6 is 0 Å². The van der Waals surface area contributed by atoms with Crippen LogP contribution in [-0.2, 0) is 0 Å². The van der Waals surface area contributed by atoms with Crippen molar-refractivity contribution in [2.45, 2.75) is 18.3 Å². The van der Waals surface area contributed by atoms with Gasteiger partial charge in [0, 0.05) is 35.6 Å². The second kappa shape index (κ2) is 7.84. The minimum Gasteiger partial charge on any atom is -0.364 e. The zero-order chi connectivity index (χ0) is 19.5. The molecule has 1 aliphatic rings. The van der Waals surface area contributed by atoms with Crippen molar-refractivity contribution >= 4 is 0 Å². The van der Waals surface area contributed by atoms with Crippen molar-refractivity contribution in [1.29, 1.82) is 0 Å². The van der Waals surface area contributed by atoms with Gasteiger partial charge in [0.1, 0.15) is 0 Å². The molecule has 2 atom stereocenters. The first-order valence-corrected chi connectivity index (χ1v) is 10.2. The van der Waals surface area contributed by atoms with Crippen LogP contribution in [0.3, 0.4) is 0 Å². The summed E-state index contributed by atoms with van der Waals surface area (Å²) in [6.45, 7) is 0. The van der Waals surface area contributed by atoms with E-state index in [1.807, 2.05) is 12.4 Å². The number of rotatable bonds is 6. The second-order valence-corrected chi connectivity index (χ2v) is 7.57. The number of aromatic nitrogens is 2. The lowest BCUT2D eigenvalue weighted by atomic mass is 9.86. The van der Waals surface area contributed by atoms with Gasteiger partial charge in [-0.25, -0.2) is 0 Å². The zero-order valence-electron chi connectivity index (χ0n) is 16.3. The Bertz CT molecular complexity index is 1100. The average Bonchev–Trinajstić information content (AvgIpc) is 3.54. The second-order valence-electron chi connectivity index (χ2n) is 7.57. The van der Waals surface area contributed by atoms with E-state index in [1.165, 1.54) is 33.7 Å². The number of allylic oxidation sites excluding steroid dienone is 4. The van der Waals surface area contributed by atoms with E-state index < -0.39 is 0 Å². The molecule has 4 aromatic rings. The van der Waals surface area contributed by atoms with Crippen molar-refractivity contribution in [3.05, 3.63) is 143 Å². The van der Waals surface area contributed by atoms with E-state index in [0.29, 0.717) is 0 Å². The molecule has 5 rings (SSSR count). The lowest BCUT2D eigenvalue weighted by Crippen LogP contribution is -2.05. The highest BCUT2D eigenvalue weighted by Crippen LogP contribution is 2.41.